The lowest BCUT2D eigenvalue weighted by atomic mass is 10.1. The Labute approximate surface area is 159 Å². The second kappa shape index (κ2) is 10.7. The third-order valence-corrected chi connectivity index (χ3v) is 7.88. The minimum absolute atomic E-state index is 0.536. The zero-order chi connectivity index (χ0) is 18.8. The number of benzene rings is 2. The minimum atomic E-state index is -2.64. The first kappa shape index (κ1) is 20.9. The van der Waals surface area contributed by atoms with Crippen LogP contribution in [0.15, 0.2) is 48.5 Å². The van der Waals surface area contributed by atoms with Crippen molar-refractivity contribution in [2.45, 2.75) is 59.3 Å². The molecule has 0 fully saturated rings. The Hall–Kier alpha value is -1.37. The van der Waals surface area contributed by atoms with Crippen molar-refractivity contribution in [1.29, 1.82) is 0 Å². The van der Waals surface area contributed by atoms with Crippen LogP contribution in [0, 0.1) is 13.8 Å². The Kier molecular flexibility index (Phi) is 8.62. The highest BCUT2D eigenvalue weighted by atomic mass is 31.2. The predicted octanol–water partition coefficient (Wildman–Crippen LogP) is 5.52. The van der Waals surface area contributed by atoms with Gasteiger partial charge in [-0.15, -0.1) is 0 Å². The van der Waals surface area contributed by atoms with E-state index in [1.807, 2.05) is 24.3 Å². The van der Waals surface area contributed by atoms with E-state index in [2.05, 4.69) is 50.4 Å². The Morgan fingerprint density at radius 3 is 1.69 bits per heavy atom. The maximum absolute atomic E-state index is 14.0. The summed E-state index contributed by atoms with van der Waals surface area (Å²) in [7, 11) is -2.64. The monoisotopic (exact) mass is 371 g/mol. The molecule has 0 saturated carbocycles. The largest absolute Gasteiger partial charge is 0.312 e. The molecule has 0 radical (unpaired) electrons. The normalized spacial score (nSPS) is 11.7. The molecule has 2 aromatic rings. The highest BCUT2D eigenvalue weighted by molar-refractivity contribution is 7.78. The van der Waals surface area contributed by atoms with Gasteiger partial charge in [0.25, 0.3) is 0 Å². The summed E-state index contributed by atoms with van der Waals surface area (Å²) < 4.78 is 14.0. The number of hydrogen-bond acceptors (Lipinski definition) is 2. The third-order valence-electron chi connectivity index (χ3n) is 4.94. The van der Waals surface area contributed by atoms with Crippen molar-refractivity contribution in [3.63, 3.8) is 0 Å². The number of aryl methyl sites for hydroxylation is 2. The summed E-state index contributed by atoms with van der Waals surface area (Å²) in [4.78, 5) is 0. The molecule has 3 heteroatoms. The first-order chi connectivity index (χ1) is 12.6. The van der Waals surface area contributed by atoms with Crippen molar-refractivity contribution in [3.8, 4) is 0 Å². The van der Waals surface area contributed by atoms with Crippen LogP contribution in [-0.4, -0.2) is 12.8 Å². The molecular weight excluding hydrogens is 337 g/mol. The number of hydrogen-bond donors (Lipinski definition) is 1. The molecule has 2 rings (SSSR count). The Balaban J connectivity index is 2.01. The van der Waals surface area contributed by atoms with Crippen molar-refractivity contribution in [1.82, 2.24) is 5.32 Å². The molecule has 26 heavy (non-hydrogen) atoms. The lowest BCUT2D eigenvalue weighted by Crippen LogP contribution is -2.27. The summed E-state index contributed by atoms with van der Waals surface area (Å²) in [5.74, 6) is 0. The molecule has 0 aliphatic carbocycles. The molecule has 2 aromatic carbocycles. The van der Waals surface area contributed by atoms with Gasteiger partial charge in [-0.25, -0.2) is 0 Å². The third kappa shape index (κ3) is 6.11. The zero-order valence-corrected chi connectivity index (χ0v) is 17.5. The van der Waals surface area contributed by atoms with E-state index in [1.165, 1.54) is 43.2 Å². The number of nitrogens with one attached hydrogen (secondary N) is 1. The van der Waals surface area contributed by atoms with Crippen molar-refractivity contribution in [2.24, 2.45) is 0 Å². The Bertz CT molecular complexity index is 642. The average molecular weight is 372 g/mol. The second-order valence-corrected chi connectivity index (χ2v) is 10.2. The van der Waals surface area contributed by atoms with Crippen LogP contribution < -0.4 is 15.9 Å². The fraction of sp³-hybridized carbons (Fsp3) is 0.478. The summed E-state index contributed by atoms with van der Waals surface area (Å²) in [6.45, 7) is 7.32. The van der Waals surface area contributed by atoms with Gasteiger partial charge in [0, 0.05) is 10.6 Å². The predicted molar refractivity (Wildman–Crippen MR) is 115 cm³/mol. The van der Waals surface area contributed by atoms with Gasteiger partial charge >= 0.3 is 0 Å². The molecule has 0 aliphatic heterocycles. The van der Waals surface area contributed by atoms with E-state index in [0.29, 0.717) is 6.29 Å². The van der Waals surface area contributed by atoms with Crippen molar-refractivity contribution in [2.75, 3.05) is 12.8 Å². The summed E-state index contributed by atoms with van der Waals surface area (Å²) in [5, 5.41) is 5.37. The molecular formula is C23H34NOP. The van der Waals surface area contributed by atoms with E-state index in [1.54, 1.807) is 0 Å². The van der Waals surface area contributed by atoms with Crippen LogP contribution in [0.3, 0.4) is 0 Å². The molecule has 2 nitrogen and oxygen atoms in total. The number of rotatable bonds is 11. The lowest BCUT2D eigenvalue weighted by Gasteiger charge is -2.20. The molecule has 0 aromatic heterocycles. The fourth-order valence-electron chi connectivity index (χ4n) is 3.17. The molecule has 0 bridgehead atoms. The van der Waals surface area contributed by atoms with Gasteiger partial charge in [-0.2, -0.15) is 0 Å². The summed E-state index contributed by atoms with van der Waals surface area (Å²) in [6.07, 6.45) is 8.22. The van der Waals surface area contributed by atoms with Crippen LogP contribution in [0.1, 0.15) is 56.6 Å². The quantitative estimate of drug-likeness (QED) is 0.416. The Morgan fingerprint density at radius 1 is 0.731 bits per heavy atom. The number of unbranched alkanes of at least 4 members (excludes halogenated alkanes) is 5. The van der Waals surface area contributed by atoms with Gasteiger partial charge in [0.15, 0.2) is 7.14 Å². The van der Waals surface area contributed by atoms with Gasteiger partial charge in [-0.05, 0) is 26.8 Å². The maximum Gasteiger partial charge on any atom is 0.156 e. The van der Waals surface area contributed by atoms with Crippen molar-refractivity contribution < 1.29 is 4.57 Å². The molecule has 0 unspecified atom stereocenters. The van der Waals surface area contributed by atoms with E-state index in [0.717, 1.165) is 23.6 Å². The van der Waals surface area contributed by atoms with Crippen LogP contribution in [-0.2, 0) is 4.57 Å². The summed E-state index contributed by atoms with van der Waals surface area (Å²) >= 11 is 0. The lowest BCUT2D eigenvalue weighted by molar-refractivity contribution is 0.570. The Morgan fingerprint density at radius 2 is 1.19 bits per heavy atom. The smallest absolute Gasteiger partial charge is 0.156 e. The van der Waals surface area contributed by atoms with Gasteiger partial charge in [0.05, 0.1) is 6.29 Å². The van der Waals surface area contributed by atoms with Crippen molar-refractivity contribution in [3.05, 3.63) is 59.7 Å². The van der Waals surface area contributed by atoms with E-state index in [4.69, 9.17) is 0 Å². The molecule has 0 saturated heterocycles. The molecule has 0 aliphatic rings. The van der Waals surface area contributed by atoms with Gasteiger partial charge < -0.3 is 9.88 Å². The van der Waals surface area contributed by atoms with Crippen LogP contribution in [0.5, 0.6) is 0 Å². The molecule has 0 spiro atoms. The fourth-order valence-corrected chi connectivity index (χ4v) is 5.57. The standard InChI is InChI=1S/C23H34NOP/c1-4-5-6-7-8-9-18-24-19-26(25,22-14-10-20(2)11-15-22)23-16-12-21(3)13-17-23/h10-17,24H,4-9,18-19H2,1-3H3. The maximum atomic E-state index is 14.0. The molecule has 1 N–H and O–H groups in total. The molecule has 142 valence electrons. The second-order valence-electron chi connectivity index (χ2n) is 7.34. The van der Waals surface area contributed by atoms with Crippen LogP contribution in [0.4, 0.5) is 0 Å². The van der Waals surface area contributed by atoms with E-state index < -0.39 is 7.14 Å². The van der Waals surface area contributed by atoms with Crippen molar-refractivity contribution >= 4 is 17.8 Å². The average Bonchev–Trinajstić information content (AvgIpc) is 2.65. The van der Waals surface area contributed by atoms with Crippen LogP contribution >= 0.6 is 7.14 Å². The van der Waals surface area contributed by atoms with Gasteiger partial charge in [-0.3, -0.25) is 0 Å². The first-order valence-corrected chi connectivity index (χ1v) is 11.9. The van der Waals surface area contributed by atoms with Gasteiger partial charge in [-0.1, -0.05) is 98.7 Å². The van der Waals surface area contributed by atoms with Gasteiger partial charge in [0.2, 0.25) is 0 Å². The van der Waals surface area contributed by atoms with Gasteiger partial charge in [0.1, 0.15) is 0 Å². The topological polar surface area (TPSA) is 29.1 Å². The zero-order valence-electron chi connectivity index (χ0n) is 16.6. The SMILES string of the molecule is CCCCCCCCNCP(=O)(c1ccc(C)cc1)c1ccc(C)cc1. The van der Waals surface area contributed by atoms with Crippen LogP contribution in [0.2, 0.25) is 0 Å². The minimum Gasteiger partial charge on any atom is -0.312 e. The van der Waals surface area contributed by atoms with E-state index >= 15 is 0 Å². The summed E-state index contributed by atoms with van der Waals surface area (Å²) in [6, 6.07) is 16.4. The first-order valence-electron chi connectivity index (χ1n) is 10.0. The highest BCUT2D eigenvalue weighted by Gasteiger charge is 2.26. The highest BCUT2D eigenvalue weighted by Crippen LogP contribution is 2.42. The summed E-state index contributed by atoms with van der Waals surface area (Å²) in [5.41, 5.74) is 2.40. The van der Waals surface area contributed by atoms with Crippen LogP contribution in [0.25, 0.3) is 0 Å². The molecule has 0 heterocycles. The molecule has 0 atom stereocenters. The molecule has 0 amide bonds. The van der Waals surface area contributed by atoms with E-state index in [-0.39, 0.29) is 0 Å². The van der Waals surface area contributed by atoms with E-state index in [9.17, 15) is 4.57 Å².